The number of hydrogen-bond acceptors (Lipinski definition) is 5. The minimum absolute atomic E-state index is 0.0329. The second-order valence-corrected chi connectivity index (χ2v) is 8.47. The number of ketones is 1. The minimum Gasteiger partial charge on any atom is -0.405 e. The highest BCUT2D eigenvalue weighted by molar-refractivity contribution is 6.12. The molecule has 1 aliphatic carbocycles. The zero-order valence-corrected chi connectivity index (χ0v) is 17.5. The Kier molecular flexibility index (Phi) is 5.25. The van der Waals surface area contributed by atoms with Crippen molar-refractivity contribution in [2.45, 2.75) is 31.7 Å². The van der Waals surface area contributed by atoms with Gasteiger partial charge in [0.1, 0.15) is 11.2 Å². The van der Waals surface area contributed by atoms with Crippen molar-refractivity contribution in [3.8, 4) is 0 Å². The molecule has 2 aromatic carbocycles. The fourth-order valence-corrected chi connectivity index (χ4v) is 4.46. The number of Topliss-reactive ketones (excluding diaryl/α,β-unsaturated/α-hetero) is 1. The van der Waals surface area contributed by atoms with Crippen LogP contribution in [-0.4, -0.2) is 29.7 Å². The van der Waals surface area contributed by atoms with Gasteiger partial charge in [-0.15, -0.1) is 0 Å². The van der Waals surface area contributed by atoms with Crippen LogP contribution in [0.5, 0.6) is 0 Å². The smallest absolute Gasteiger partial charge is 0.348 e. The number of hydrogen-bond donors (Lipinski definition) is 1. The number of benzene rings is 2. The molecule has 1 saturated heterocycles. The van der Waals surface area contributed by atoms with E-state index in [1.807, 2.05) is 30.3 Å². The molecule has 1 amide bonds. The van der Waals surface area contributed by atoms with Gasteiger partial charge in [-0.3, -0.25) is 9.59 Å². The Hall–Kier alpha value is -3.48. The molecule has 1 aliphatic heterocycles. The monoisotopic (exact) mass is 434 g/mol. The molecule has 32 heavy (non-hydrogen) atoms. The summed E-state index contributed by atoms with van der Waals surface area (Å²) in [7, 11) is 0. The molecule has 2 heterocycles. The van der Waals surface area contributed by atoms with Gasteiger partial charge in [-0.25, -0.2) is 9.18 Å². The van der Waals surface area contributed by atoms with Crippen molar-refractivity contribution < 1.29 is 18.4 Å². The Morgan fingerprint density at radius 2 is 1.91 bits per heavy atom. The number of nitrogens with one attached hydrogen (secondary N) is 1. The summed E-state index contributed by atoms with van der Waals surface area (Å²) in [4.78, 5) is 39.6. The first-order valence-electron chi connectivity index (χ1n) is 10.9. The second-order valence-electron chi connectivity index (χ2n) is 8.47. The zero-order chi connectivity index (χ0) is 22.2. The summed E-state index contributed by atoms with van der Waals surface area (Å²) < 4.78 is 20.0. The quantitative estimate of drug-likeness (QED) is 0.561. The van der Waals surface area contributed by atoms with Gasteiger partial charge in [0.05, 0.1) is 18.2 Å². The Morgan fingerprint density at radius 3 is 2.59 bits per heavy atom. The molecule has 164 valence electrons. The van der Waals surface area contributed by atoms with E-state index < -0.39 is 11.4 Å². The lowest BCUT2D eigenvalue weighted by Crippen LogP contribution is -2.31. The largest absolute Gasteiger partial charge is 0.405 e. The number of anilines is 1. The van der Waals surface area contributed by atoms with E-state index in [-0.39, 0.29) is 46.5 Å². The molecule has 6 nitrogen and oxygen atoms in total. The van der Waals surface area contributed by atoms with E-state index in [2.05, 4.69) is 5.32 Å². The van der Waals surface area contributed by atoms with Crippen LogP contribution in [0, 0.1) is 11.7 Å². The molecule has 0 bridgehead atoms. The Labute approximate surface area is 184 Å². The summed E-state index contributed by atoms with van der Waals surface area (Å²) in [6, 6.07) is 13.8. The first kappa shape index (κ1) is 20.4. The van der Waals surface area contributed by atoms with Crippen LogP contribution >= 0.6 is 0 Å². The van der Waals surface area contributed by atoms with Gasteiger partial charge < -0.3 is 14.6 Å². The molecule has 3 aromatic rings. The Bertz CT molecular complexity index is 1250. The maximum atomic E-state index is 14.5. The molecule has 0 spiro atoms. The lowest BCUT2D eigenvalue weighted by molar-refractivity contribution is -0.127. The molecule has 1 saturated carbocycles. The zero-order valence-electron chi connectivity index (χ0n) is 17.5. The summed E-state index contributed by atoms with van der Waals surface area (Å²) in [5, 5.41) is 3.23. The number of carbonyl (C=O) groups is 2. The molecule has 1 aromatic heterocycles. The third-order valence-electron chi connectivity index (χ3n) is 6.23. The average Bonchev–Trinajstić information content (AvgIpc) is 3.55. The molecule has 0 radical (unpaired) electrons. The fraction of sp³-hybridized carbons (Fsp3) is 0.320. The molecule has 2 fully saturated rings. The standard InChI is InChI=1S/C25H23FN2O4/c26-18-9-4-8-17-21(18)25(31)32-24(22(17)19(29)14-28-13-5-10-20(28)30)27-23(16-11-12-16)15-6-2-1-3-7-15/h1-4,6-9,16,23,27H,5,10-14H2/t23-/m1/s1. The number of rotatable bonds is 7. The van der Waals surface area contributed by atoms with E-state index in [1.165, 1.54) is 17.0 Å². The van der Waals surface area contributed by atoms with Crippen LogP contribution in [0.2, 0.25) is 0 Å². The van der Waals surface area contributed by atoms with Gasteiger partial charge in [-0.05, 0) is 36.8 Å². The van der Waals surface area contributed by atoms with Gasteiger partial charge >= 0.3 is 5.63 Å². The highest BCUT2D eigenvalue weighted by atomic mass is 19.1. The molecule has 1 N–H and O–H groups in total. The Morgan fingerprint density at radius 1 is 1.12 bits per heavy atom. The van der Waals surface area contributed by atoms with Crippen LogP contribution in [0.15, 0.2) is 57.7 Å². The topological polar surface area (TPSA) is 79.6 Å². The number of nitrogens with zero attached hydrogens (tertiary/aromatic N) is 1. The van der Waals surface area contributed by atoms with Crippen LogP contribution < -0.4 is 10.9 Å². The summed E-state index contributed by atoms with van der Waals surface area (Å²) in [5.41, 5.74) is 0.294. The maximum absolute atomic E-state index is 14.5. The molecule has 7 heteroatoms. The number of halogens is 1. The van der Waals surface area contributed by atoms with Crippen LogP contribution in [0.25, 0.3) is 10.8 Å². The number of amides is 1. The van der Waals surface area contributed by atoms with Crippen molar-refractivity contribution in [2.75, 3.05) is 18.4 Å². The van der Waals surface area contributed by atoms with E-state index in [1.54, 1.807) is 6.07 Å². The van der Waals surface area contributed by atoms with Crippen molar-refractivity contribution in [3.05, 3.63) is 75.9 Å². The molecular weight excluding hydrogens is 411 g/mol. The second kappa shape index (κ2) is 8.22. The van der Waals surface area contributed by atoms with Crippen molar-refractivity contribution >= 4 is 28.3 Å². The maximum Gasteiger partial charge on any atom is 0.348 e. The Balaban J connectivity index is 1.61. The van der Waals surface area contributed by atoms with E-state index >= 15 is 0 Å². The van der Waals surface area contributed by atoms with Gasteiger partial charge in [0.2, 0.25) is 11.8 Å². The van der Waals surface area contributed by atoms with Gasteiger partial charge in [0.15, 0.2) is 5.78 Å². The van der Waals surface area contributed by atoms with Gasteiger partial charge in [0, 0.05) is 18.4 Å². The molecule has 0 unspecified atom stereocenters. The third-order valence-corrected chi connectivity index (χ3v) is 6.23. The number of likely N-dealkylation sites (tertiary alicyclic amines) is 1. The fourth-order valence-electron chi connectivity index (χ4n) is 4.46. The summed E-state index contributed by atoms with van der Waals surface area (Å²) in [6.07, 6.45) is 3.15. The molecule has 1 atom stereocenters. The van der Waals surface area contributed by atoms with Crippen molar-refractivity contribution in [2.24, 2.45) is 5.92 Å². The highest BCUT2D eigenvalue weighted by Crippen LogP contribution is 2.43. The summed E-state index contributed by atoms with van der Waals surface area (Å²) in [5.74, 6) is -0.832. The summed E-state index contributed by atoms with van der Waals surface area (Å²) >= 11 is 0. The predicted octanol–water partition coefficient (Wildman–Crippen LogP) is 4.30. The van der Waals surface area contributed by atoms with E-state index in [9.17, 15) is 18.8 Å². The van der Waals surface area contributed by atoms with Crippen molar-refractivity contribution in [1.29, 1.82) is 0 Å². The minimum atomic E-state index is -0.836. The van der Waals surface area contributed by atoms with Crippen molar-refractivity contribution in [3.63, 3.8) is 0 Å². The first-order chi connectivity index (χ1) is 15.5. The summed E-state index contributed by atoms with van der Waals surface area (Å²) in [6.45, 7) is 0.372. The lowest BCUT2D eigenvalue weighted by atomic mass is 10.00. The van der Waals surface area contributed by atoms with Crippen LogP contribution in [0.1, 0.15) is 47.6 Å². The van der Waals surface area contributed by atoms with Gasteiger partial charge in [-0.1, -0.05) is 42.5 Å². The van der Waals surface area contributed by atoms with Crippen LogP contribution in [-0.2, 0) is 4.79 Å². The SMILES string of the molecule is O=C(CN1CCCC1=O)c1c(N[C@H](c2ccccc2)C2CC2)oc(=O)c2c(F)cccc12. The number of carbonyl (C=O) groups excluding carboxylic acids is 2. The van der Waals surface area contributed by atoms with E-state index in [4.69, 9.17) is 4.42 Å². The highest BCUT2D eigenvalue weighted by Gasteiger charge is 2.35. The van der Waals surface area contributed by atoms with Crippen LogP contribution in [0.3, 0.4) is 0 Å². The van der Waals surface area contributed by atoms with E-state index in [0.29, 0.717) is 25.3 Å². The molecular formula is C25H23FN2O4. The lowest BCUT2D eigenvalue weighted by Gasteiger charge is -2.22. The normalized spacial score (nSPS) is 17.0. The van der Waals surface area contributed by atoms with E-state index in [0.717, 1.165) is 18.4 Å². The van der Waals surface area contributed by atoms with Gasteiger partial charge in [0.25, 0.3) is 0 Å². The first-order valence-corrected chi connectivity index (χ1v) is 10.9. The molecule has 2 aliphatic rings. The van der Waals surface area contributed by atoms with Crippen molar-refractivity contribution in [1.82, 2.24) is 4.90 Å². The average molecular weight is 434 g/mol. The third kappa shape index (κ3) is 3.79. The predicted molar refractivity (Wildman–Crippen MR) is 118 cm³/mol. The van der Waals surface area contributed by atoms with Gasteiger partial charge in [-0.2, -0.15) is 0 Å². The molecule has 5 rings (SSSR count). The van der Waals surface area contributed by atoms with Crippen LogP contribution in [0.4, 0.5) is 10.3 Å². The number of fused-ring (bicyclic) bond motifs is 1.